The summed E-state index contributed by atoms with van der Waals surface area (Å²) in [6.45, 7) is 17.3. The Morgan fingerprint density at radius 3 is 2.37 bits per heavy atom. The van der Waals surface area contributed by atoms with Crippen molar-refractivity contribution < 1.29 is 29.2 Å². The van der Waals surface area contributed by atoms with E-state index in [0.717, 1.165) is 73.4 Å². The number of nitrogens with zero attached hydrogens (tertiary/aromatic N) is 3. The SMILES string of the molecule is CN(CCCN1C(=O)C(CC(=O)N2CCCC2)SC1c1cc(C(C)(C)C)c(O)c(C(C)(C)C)c1)CCOc1ccc2c(c1)OOC2. The average molecular weight is 654 g/mol. The Hall–Kier alpha value is -2.95. The van der Waals surface area contributed by atoms with Crippen molar-refractivity contribution in [1.82, 2.24) is 14.7 Å². The maximum absolute atomic E-state index is 14.0. The van der Waals surface area contributed by atoms with Crippen molar-refractivity contribution >= 4 is 23.6 Å². The van der Waals surface area contributed by atoms with E-state index in [4.69, 9.17) is 14.5 Å². The highest BCUT2D eigenvalue weighted by atomic mass is 32.2. The molecule has 0 spiro atoms. The molecule has 1 N–H and O–H groups in total. The van der Waals surface area contributed by atoms with Gasteiger partial charge in [0.1, 0.15) is 30.1 Å². The fourth-order valence-electron chi connectivity index (χ4n) is 6.33. The van der Waals surface area contributed by atoms with Gasteiger partial charge >= 0.3 is 0 Å². The molecular weight excluding hydrogens is 602 g/mol. The summed E-state index contributed by atoms with van der Waals surface area (Å²) in [7, 11) is 2.06. The molecule has 2 aromatic rings. The lowest BCUT2D eigenvalue weighted by Gasteiger charge is -2.31. The van der Waals surface area contributed by atoms with Crippen LogP contribution in [-0.4, -0.2) is 83.2 Å². The van der Waals surface area contributed by atoms with Crippen LogP contribution in [-0.2, 0) is 31.9 Å². The number of fused-ring (bicyclic) bond motifs is 1. The van der Waals surface area contributed by atoms with Crippen molar-refractivity contribution in [2.45, 2.75) is 95.3 Å². The number of phenolic OH excluding ortho intramolecular Hbond substituents is 1. The number of aromatic hydroxyl groups is 1. The van der Waals surface area contributed by atoms with E-state index in [0.29, 0.717) is 31.3 Å². The molecule has 2 aromatic carbocycles. The van der Waals surface area contributed by atoms with Gasteiger partial charge in [0.25, 0.3) is 0 Å². The van der Waals surface area contributed by atoms with Crippen molar-refractivity contribution in [3.8, 4) is 17.2 Å². The molecule has 5 rings (SSSR count). The van der Waals surface area contributed by atoms with E-state index in [9.17, 15) is 14.7 Å². The largest absolute Gasteiger partial charge is 0.507 e. The standard InChI is InChI=1S/C36H51N3O6S/c1-35(2,3)27-19-25(20-28(32(27)41)36(4,5)6)34-39(33(42)30(46-34)22-31(40)38-14-8-9-15-38)16-10-13-37(7)17-18-43-26-12-11-24-23-44-45-29(24)21-26/h11-12,19-21,30,34,41H,8-10,13-18,22-23H2,1-7H3. The van der Waals surface area contributed by atoms with Gasteiger partial charge in [-0.3, -0.25) is 9.59 Å². The Balaban J connectivity index is 1.28. The van der Waals surface area contributed by atoms with Crippen LogP contribution in [0.15, 0.2) is 30.3 Å². The Morgan fingerprint density at radius 1 is 1.04 bits per heavy atom. The lowest BCUT2D eigenvalue weighted by Crippen LogP contribution is -2.37. The zero-order chi connectivity index (χ0) is 33.2. The summed E-state index contributed by atoms with van der Waals surface area (Å²) < 4.78 is 5.95. The summed E-state index contributed by atoms with van der Waals surface area (Å²) in [6, 6.07) is 9.89. The fourth-order valence-corrected chi connectivity index (χ4v) is 7.78. The summed E-state index contributed by atoms with van der Waals surface area (Å²) in [5.74, 6) is 1.87. The Labute approximate surface area is 278 Å². The molecular formula is C36H51N3O6S. The van der Waals surface area contributed by atoms with Gasteiger partial charge in [-0.25, -0.2) is 0 Å². The molecule has 2 unspecified atom stereocenters. The molecule has 46 heavy (non-hydrogen) atoms. The number of phenols is 1. The molecule has 0 aromatic heterocycles. The molecule has 2 saturated heterocycles. The number of carbonyl (C=O) groups excluding carboxylic acids is 2. The number of amides is 2. The summed E-state index contributed by atoms with van der Waals surface area (Å²) in [5, 5.41) is 10.7. The molecule has 10 heteroatoms. The first-order valence-electron chi connectivity index (χ1n) is 16.6. The molecule has 0 aliphatic carbocycles. The Bertz CT molecular complexity index is 1380. The number of likely N-dealkylation sites (N-methyl/N-ethyl adjacent to an activating group) is 1. The first kappa shape index (κ1) is 34.4. The number of rotatable bonds is 11. The molecule has 2 atom stereocenters. The van der Waals surface area contributed by atoms with Crippen LogP contribution in [0.2, 0.25) is 0 Å². The minimum absolute atomic E-state index is 0.0269. The predicted molar refractivity (Wildman–Crippen MR) is 181 cm³/mol. The van der Waals surface area contributed by atoms with E-state index in [1.165, 1.54) is 0 Å². The first-order valence-corrected chi connectivity index (χ1v) is 17.5. The topological polar surface area (TPSA) is 91.8 Å². The van der Waals surface area contributed by atoms with Crippen LogP contribution in [0.5, 0.6) is 17.2 Å². The molecule has 3 aliphatic heterocycles. The highest BCUT2D eigenvalue weighted by Crippen LogP contribution is 2.48. The van der Waals surface area contributed by atoms with Gasteiger partial charge in [0, 0.05) is 44.2 Å². The van der Waals surface area contributed by atoms with E-state index in [-0.39, 0.29) is 34.4 Å². The normalized spacial score (nSPS) is 20.0. The molecule has 0 saturated carbocycles. The number of benzene rings is 2. The van der Waals surface area contributed by atoms with E-state index < -0.39 is 5.25 Å². The molecule has 0 radical (unpaired) electrons. The van der Waals surface area contributed by atoms with Crippen molar-refractivity contribution in [3.63, 3.8) is 0 Å². The molecule has 2 fully saturated rings. The van der Waals surface area contributed by atoms with Crippen molar-refractivity contribution in [1.29, 1.82) is 0 Å². The van der Waals surface area contributed by atoms with Crippen LogP contribution in [0.25, 0.3) is 0 Å². The maximum atomic E-state index is 14.0. The summed E-state index contributed by atoms with van der Waals surface area (Å²) >= 11 is 1.58. The number of hydrogen-bond acceptors (Lipinski definition) is 8. The summed E-state index contributed by atoms with van der Waals surface area (Å²) in [4.78, 5) is 43.4. The van der Waals surface area contributed by atoms with E-state index in [2.05, 4.69) is 65.6 Å². The van der Waals surface area contributed by atoms with Gasteiger partial charge in [0.2, 0.25) is 11.8 Å². The second kappa shape index (κ2) is 14.0. The van der Waals surface area contributed by atoms with Crippen molar-refractivity contribution in [2.75, 3.05) is 46.4 Å². The molecule has 0 bridgehead atoms. The van der Waals surface area contributed by atoms with Gasteiger partial charge in [-0.2, -0.15) is 4.89 Å². The second-order valence-corrected chi connectivity index (χ2v) is 16.2. The molecule has 3 aliphatic rings. The summed E-state index contributed by atoms with van der Waals surface area (Å²) in [5.41, 5.74) is 3.20. The molecule has 3 heterocycles. The third-order valence-corrected chi connectivity index (χ3v) is 10.6. The van der Waals surface area contributed by atoms with E-state index in [1.807, 2.05) is 28.0 Å². The van der Waals surface area contributed by atoms with Crippen LogP contribution in [0, 0.1) is 0 Å². The van der Waals surface area contributed by atoms with Crippen LogP contribution >= 0.6 is 11.8 Å². The zero-order valence-corrected chi connectivity index (χ0v) is 29.4. The molecule has 2 amide bonds. The van der Waals surface area contributed by atoms with Crippen molar-refractivity contribution in [2.24, 2.45) is 0 Å². The Morgan fingerprint density at radius 2 is 1.72 bits per heavy atom. The van der Waals surface area contributed by atoms with E-state index in [1.54, 1.807) is 11.8 Å². The van der Waals surface area contributed by atoms with E-state index >= 15 is 0 Å². The van der Waals surface area contributed by atoms with Crippen LogP contribution < -0.4 is 9.62 Å². The summed E-state index contributed by atoms with van der Waals surface area (Å²) in [6.07, 6.45) is 3.07. The lowest BCUT2D eigenvalue weighted by atomic mass is 9.78. The fraction of sp³-hybridized carbons (Fsp3) is 0.611. The highest BCUT2D eigenvalue weighted by molar-refractivity contribution is 8.01. The smallest absolute Gasteiger partial charge is 0.237 e. The maximum Gasteiger partial charge on any atom is 0.237 e. The highest BCUT2D eigenvalue weighted by Gasteiger charge is 2.43. The van der Waals surface area contributed by atoms with Gasteiger partial charge in [-0.15, -0.1) is 11.8 Å². The van der Waals surface area contributed by atoms with Crippen LogP contribution in [0.4, 0.5) is 0 Å². The average Bonchev–Trinajstić information content (AvgIpc) is 3.74. The van der Waals surface area contributed by atoms with Gasteiger partial charge in [-0.1, -0.05) is 41.5 Å². The van der Waals surface area contributed by atoms with Crippen LogP contribution in [0.3, 0.4) is 0 Å². The quantitative estimate of drug-likeness (QED) is 0.288. The zero-order valence-electron chi connectivity index (χ0n) is 28.6. The predicted octanol–water partition coefficient (Wildman–Crippen LogP) is 6.17. The van der Waals surface area contributed by atoms with Gasteiger partial charge in [-0.05, 0) is 84.6 Å². The first-order chi connectivity index (χ1) is 21.7. The lowest BCUT2D eigenvalue weighted by molar-refractivity contribution is -0.194. The number of thioether (sulfide) groups is 1. The number of likely N-dealkylation sites (tertiary alicyclic amines) is 1. The molecule has 252 valence electrons. The monoisotopic (exact) mass is 653 g/mol. The number of hydrogen-bond donors (Lipinski definition) is 1. The third-order valence-electron chi connectivity index (χ3n) is 9.07. The number of ether oxygens (including phenoxy) is 1. The Kier molecular flexibility index (Phi) is 10.5. The number of carbonyl (C=O) groups is 2. The minimum Gasteiger partial charge on any atom is -0.507 e. The minimum atomic E-state index is -0.420. The van der Waals surface area contributed by atoms with Crippen LogP contribution in [0.1, 0.15) is 94.9 Å². The second-order valence-electron chi connectivity index (χ2n) is 14.9. The third kappa shape index (κ3) is 7.94. The van der Waals surface area contributed by atoms with Crippen molar-refractivity contribution in [3.05, 3.63) is 52.6 Å². The molecule has 9 nitrogen and oxygen atoms in total. The van der Waals surface area contributed by atoms with Gasteiger partial charge in [0.15, 0.2) is 5.75 Å². The van der Waals surface area contributed by atoms with Gasteiger partial charge in [0.05, 0.1) is 5.25 Å². The van der Waals surface area contributed by atoms with Gasteiger partial charge < -0.3 is 29.4 Å².